The van der Waals surface area contributed by atoms with Gasteiger partial charge in [0.05, 0.1) is 5.52 Å². The molecule has 2 nitrogen and oxygen atoms in total. The van der Waals surface area contributed by atoms with E-state index < -0.39 is 0 Å². The predicted octanol–water partition coefficient (Wildman–Crippen LogP) is 4.29. The maximum Gasteiger partial charge on any atom is 0.0746 e. The summed E-state index contributed by atoms with van der Waals surface area (Å²) in [5.41, 5.74) is 2.46. The van der Waals surface area contributed by atoms with Gasteiger partial charge in [0.1, 0.15) is 0 Å². The Morgan fingerprint density at radius 2 is 2.10 bits per heavy atom. The van der Waals surface area contributed by atoms with Crippen molar-refractivity contribution in [2.45, 2.75) is 51.6 Å². The molecule has 20 heavy (non-hydrogen) atoms. The van der Waals surface area contributed by atoms with E-state index in [1.165, 1.54) is 43.1 Å². The molecule has 3 rings (SSSR count). The Labute approximate surface area is 121 Å². The highest BCUT2D eigenvalue weighted by Gasteiger charge is 2.20. The van der Waals surface area contributed by atoms with Gasteiger partial charge in [0.2, 0.25) is 0 Å². The van der Waals surface area contributed by atoms with Crippen LogP contribution in [0.25, 0.3) is 10.9 Å². The highest BCUT2D eigenvalue weighted by Crippen LogP contribution is 2.27. The average molecular weight is 268 g/mol. The average Bonchev–Trinajstić information content (AvgIpc) is 2.53. The molecule has 1 saturated carbocycles. The lowest BCUT2D eigenvalue weighted by Gasteiger charge is -2.29. The van der Waals surface area contributed by atoms with E-state index in [-0.39, 0.29) is 0 Å². The number of fused-ring (bicyclic) bond motifs is 1. The smallest absolute Gasteiger partial charge is 0.0746 e. The number of hydrogen-bond acceptors (Lipinski definition) is 2. The molecule has 1 aromatic carbocycles. The third-order valence-corrected chi connectivity index (χ3v) is 4.66. The van der Waals surface area contributed by atoms with Crippen LogP contribution in [0.4, 0.5) is 0 Å². The molecule has 0 spiro atoms. The Bertz CT molecular complexity index is 559. The fourth-order valence-electron chi connectivity index (χ4n) is 3.41. The Hall–Kier alpha value is -1.41. The van der Waals surface area contributed by atoms with Gasteiger partial charge in [-0.25, -0.2) is 0 Å². The van der Waals surface area contributed by atoms with Crippen LogP contribution in [0.1, 0.15) is 44.6 Å². The highest BCUT2D eigenvalue weighted by molar-refractivity contribution is 5.81. The van der Waals surface area contributed by atoms with Crippen molar-refractivity contribution in [3.05, 3.63) is 42.1 Å². The SMILES string of the molecule is CCC1CCCC(NCc2cccc3cccnc23)C1. The molecule has 1 aliphatic carbocycles. The lowest BCUT2D eigenvalue weighted by atomic mass is 9.84. The van der Waals surface area contributed by atoms with Gasteiger partial charge in [0, 0.05) is 24.2 Å². The summed E-state index contributed by atoms with van der Waals surface area (Å²) in [5, 5.41) is 4.99. The van der Waals surface area contributed by atoms with Gasteiger partial charge in [-0.1, -0.05) is 50.5 Å². The first kappa shape index (κ1) is 13.6. The maximum atomic E-state index is 4.54. The van der Waals surface area contributed by atoms with Gasteiger partial charge in [-0.05, 0) is 30.4 Å². The van der Waals surface area contributed by atoms with Crippen molar-refractivity contribution in [1.29, 1.82) is 0 Å². The lowest BCUT2D eigenvalue weighted by molar-refractivity contribution is 0.278. The minimum absolute atomic E-state index is 0.688. The van der Waals surface area contributed by atoms with Gasteiger partial charge < -0.3 is 5.32 Å². The summed E-state index contributed by atoms with van der Waals surface area (Å²) in [6.45, 7) is 3.26. The van der Waals surface area contributed by atoms with Crippen LogP contribution < -0.4 is 5.32 Å². The fourth-order valence-corrected chi connectivity index (χ4v) is 3.41. The van der Waals surface area contributed by atoms with E-state index in [1.807, 2.05) is 12.3 Å². The number of benzene rings is 1. The van der Waals surface area contributed by atoms with Gasteiger partial charge in [0.25, 0.3) is 0 Å². The summed E-state index contributed by atoms with van der Waals surface area (Å²) in [7, 11) is 0. The van der Waals surface area contributed by atoms with Crippen LogP contribution in [-0.4, -0.2) is 11.0 Å². The second-order valence-electron chi connectivity index (χ2n) is 6.01. The van der Waals surface area contributed by atoms with E-state index in [2.05, 4.69) is 41.5 Å². The Morgan fingerprint density at radius 1 is 1.20 bits per heavy atom. The van der Waals surface area contributed by atoms with E-state index in [9.17, 15) is 0 Å². The van der Waals surface area contributed by atoms with Gasteiger partial charge in [0.15, 0.2) is 0 Å². The quantitative estimate of drug-likeness (QED) is 0.894. The molecule has 0 amide bonds. The third kappa shape index (κ3) is 3.01. The normalized spacial score (nSPS) is 23.1. The Balaban J connectivity index is 1.68. The zero-order chi connectivity index (χ0) is 13.8. The zero-order valence-corrected chi connectivity index (χ0v) is 12.3. The Kier molecular flexibility index (Phi) is 4.31. The number of rotatable bonds is 4. The maximum absolute atomic E-state index is 4.54. The number of pyridine rings is 1. The van der Waals surface area contributed by atoms with E-state index in [0.717, 1.165) is 18.0 Å². The molecular weight excluding hydrogens is 244 g/mol. The predicted molar refractivity (Wildman–Crippen MR) is 84.6 cm³/mol. The van der Waals surface area contributed by atoms with E-state index in [4.69, 9.17) is 0 Å². The number of nitrogens with one attached hydrogen (secondary N) is 1. The van der Waals surface area contributed by atoms with Crippen molar-refractivity contribution < 1.29 is 0 Å². The van der Waals surface area contributed by atoms with Crippen molar-refractivity contribution in [2.75, 3.05) is 0 Å². The molecule has 1 heterocycles. The van der Waals surface area contributed by atoms with Crippen LogP contribution in [0.5, 0.6) is 0 Å². The number of nitrogens with zero attached hydrogens (tertiary/aromatic N) is 1. The van der Waals surface area contributed by atoms with E-state index in [1.54, 1.807) is 0 Å². The van der Waals surface area contributed by atoms with Crippen LogP contribution >= 0.6 is 0 Å². The molecule has 0 aliphatic heterocycles. The second-order valence-corrected chi connectivity index (χ2v) is 6.01. The molecule has 1 fully saturated rings. The van der Waals surface area contributed by atoms with Gasteiger partial charge in [-0.2, -0.15) is 0 Å². The van der Waals surface area contributed by atoms with Crippen LogP contribution in [-0.2, 0) is 6.54 Å². The topological polar surface area (TPSA) is 24.9 Å². The van der Waals surface area contributed by atoms with Crippen molar-refractivity contribution in [3.8, 4) is 0 Å². The molecule has 2 aromatic rings. The molecule has 2 unspecified atom stereocenters. The molecule has 2 heteroatoms. The lowest BCUT2D eigenvalue weighted by Crippen LogP contribution is -2.33. The molecule has 0 bridgehead atoms. The molecule has 0 saturated heterocycles. The molecule has 1 aromatic heterocycles. The number of aromatic nitrogens is 1. The van der Waals surface area contributed by atoms with Gasteiger partial charge in [-0.3, -0.25) is 4.98 Å². The van der Waals surface area contributed by atoms with Crippen molar-refractivity contribution in [2.24, 2.45) is 5.92 Å². The third-order valence-electron chi connectivity index (χ3n) is 4.66. The minimum atomic E-state index is 0.688. The number of para-hydroxylation sites is 1. The monoisotopic (exact) mass is 268 g/mol. The van der Waals surface area contributed by atoms with Gasteiger partial charge in [-0.15, -0.1) is 0 Å². The van der Waals surface area contributed by atoms with E-state index >= 15 is 0 Å². The van der Waals surface area contributed by atoms with Crippen LogP contribution in [0.2, 0.25) is 0 Å². The fraction of sp³-hybridized carbons (Fsp3) is 0.500. The number of hydrogen-bond donors (Lipinski definition) is 1. The first-order valence-corrected chi connectivity index (χ1v) is 7.93. The molecule has 1 N–H and O–H groups in total. The zero-order valence-electron chi connectivity index (χ0n) is 12.3. The molecular formula is C18H24N2. The van der Waals surface area contributed by atoms with Crippen LogP contribution in [0.3, 0.4) is 0 Å². The second kappa shape index (κ2) is 6.36. The van der Waals surface area contributed by atoms with Crippen LogP contribution in [0, 0.1) is 5.92 Å². The molecule has 2 atom stereocenters. The van der Waals surface area contributed by atoms with Crippen molar-refractivity contribution >= 4 is 10.9 Å². The summed E-state index contributed by atoms with van der Waals surface area (Å²) in [6.07, 6.45) is 8.69. The summed E-state index contributed by atoms with van der Waals surface area (Å²) < 4.78 is 0. The largest absolute Gasteiger partial charge is 0.310 e. The minimum Gasteiger partial charge on any atom is -0.310 e. The first-order valence-electron chi connectivity index (χ1n) is 7.93. The summed E-state index contributed by atoms with van der Waals surface area (Å²) in [5.74, 6) is 0.923. The highest BCUT2D eigenvalue weighted by atomic mass is 14.9. The van der Waals surface area contributed by atoms with Crippen molar-refractivity contribution in [1.82, 2.24) is 10.3 Å². The van der Waals surface area contributed by atoms with Crippen LogP contribution in [0.15, 0.2) is 36.5 Å². The molecule has 106 valence electrons. The first-order chi connectivity index (χ1) is 9.86. The Morgan fingerprint density at radius 3 is 3.00 bits per heavy atom. The summed E-state index contributed by atoms with van der Waals surface area (Å²) >= 11 is 0. The van der Waals surface area contributed by atoms with E-state index in [0.29, 0.717) is 6.04 Å². The van der Waals surface area contributed by atoms with Gasteiger partial charge >= 0.3 is 0 Å². The molecule has 0 radical (unpaired) electrons. The summed E-state index contributed by atoms with van der Waals surface area (Å²) in [6, 6.07) is 11.3. The summed E-state index contributed by atoms with van der Waals surface area (Å²) in [4.78, 5) is 4.54. The van der Waals surface area contributed by atoms with Crippen molar-refractivity contribution in [3.63, 3.8) is 0 Å². The standard InChI is InChI=1S/C18H24N2/c1-2-14-6-3-10-17(12-14)20-13-16-8-4-7-15-9-5-11-19-18(15)16/h4-5,7-9,11,14,17,20H,2-3,6,10,12-13H2,1H3. The molecule has 1 aliphatic rings.